The van der Waals surface area contributed by atoms with Gasteiger partial charge in [0.15, 0.2) is 5.75 Å². The summed E-state index contributed by atoms with van der Waals surface area (Å²) in [6.07, 6.45) is 0. The van der Waals surface area contributed by atoms with Crippen LogP contribution in [0.25, 0.3) is 0 Å². The summed E-state index contributed by atoms with van der Waals surface area (Å²) in [5.41, 5.74) is 0. The summed E-state index contributed by atoms with van der Waals surface area (Å²) in [4.78, 5) is 0. The SMILES string of the molecule is Oc1c(Cl)ccc(I)c1Cl.[NaH]. The van der Waals surface area contributed by atoms with Crippen LogP contribution in [0.15, 0.2) is 12.1 Å². The van der Waals surface area contributed by atoms with Crippen molar-refractivity contribution in [1.82, 2.24) is 0 Å². The first-order valence-corrected chi connectivity index (χ1v) is 4.29. The van der Waals surface area contributed by atoms with E-state index in [0.717, 1.165) is 3.57 Å². The molecule has 1 rings (SSSR count). The maximum absolute atomic E-state index is 9.12. The fraction of sp³-hybridized carbons (Fsp3) is 0. The number of hydrogen-bond donors (Lipinski definition) is 1. The molecule has 0 radical (unpaired) electrons. The number of halogens is 3. The van der Waals surface area contributed by atoms with Crippen LogP contribution in [0, 0.1) is 3.57 Å². The van der Waals surface area contributed by atoms with Crippen molar-refractivity contribution in [3.8, 4) is 5.75 Å². The zero-order chi connectivity index (χ0) is 7.72. The summed E-state index contributed by atoms with van der Waals surface area (Å²) >= 11 is 13.2. The Morgan fingerprint density at radius 3 is 2.27 bits per heavy atom. The predicted molar refractivity (Wildman–Crippen MR) is 58.0 cm³/mol. The second-order valence-electron chi connectivity index (χ2n) is 1.69. The van der Waals surface area contributed by atoms with E-state index in [9.17, 15) is 0 Å². The molecule has 0 saturated heterocycles. The molecule has 0 saturated carbocycles. The van der Waals surface area contributed by atoms with E-state index in [-0.39, 0.29) is 40.3 Å². The molecule has 5 heteroatoms. The van der Waals surface area contributed by atoms with E-state index >= 15 is 0 Å². The van der Waals surface area contributed by atoms with Gasteiger partial charge in [-0.05, 0) is 34.7 Å². The number of hydrogen-bond acceptors (Lipinski definition) is 1. The topological polar surface area (TPSA) is 20.2 Å². The average molecular weight is 313 g/mol. The fourth-order valence-corrected chi connectivity index (χ4v) is 1.32. The first-order valence-electron chi connectivity index (χ1n) is 2.45. The first-order chi connectivity index (χ1) is 4.63. The summed E-state index contributed by atoms with van der Waals surface area (Å²) in [6.45, 7) is 0. The molecule has 1 nitrogen and oxygen atoms in total. The molecule has 0 atom stereocenters. The van der Waals surface area contributed by atoms with Crippen molar-refractivity contribution in [2.24, 2.45) is 0 Å². The van der Waals surface area contributed by atoms with Gasteiger partial charge in [-0.25, -0.2) is 0 Å². The summed E-state index contributed by atoms with van der Waals surface area (Å²) in [5.74, 6) is -0.0461. The van der Waals surface area contributed by atoms with Crippen LogP contribution in [-0.4, -0.2) is 34.7 Å². The molecular weight excluding hydrogens is 309 g/mol. The molecule has 1 N–H and O–H groups in total. The molecule has 0 aliphatic carbocycles. The average Bonchev–Trinajstić information content (AvgIpc) is 1.93. The van der Waals surface area contributed by atoms with Gasteiger partial charge in [-0.15, -0.1) is 0 Å². The van der Waals surface area contributed by atoms with Gasteiger partial charge in [-0.1, -0.05) is 23.2 Å². The molecule has 0 amide bonds. The van der Waals surface area contributed by atoms with Crippen molar-refractivity contribution < 1.29 is 5.11 Å². The number of rotatable bonds is 0. The molecular formula is C6H4Cl2INaO. The predicted octanol–water partition coefficient (Wildman–Crippen LogP) is 2.66. The number of phenols is 1. The molecule has 11 heavy (non-hydrogen) atoms. The molecule has 0 aliphatic rings. The van der Waals surface area contributed by atoms with Crippen molar-refractivity contribution in [3.05, 3.63) is 25.7 Å². The third-order valence-electron chi connectivity index (χ3n) is 1.02. The van der Waals surface area contributed by atoms with Crippen molar-refractivity contribution in [2.75, 3.05) is 0 Å². The van der Waals surface area contributed by atoms with Crippen LogP contribution in [0.5, 0.6) is 5.75 Å². The van der Waals surface area contributed by atoms with Gasteiger partial charge in [-0.2, -0.15) is 0 Å². The first kappa shape index (κ1) is 12.3. The molecule has 1 aromatic rings. The van der Waals surface area contributed by atoms with Crippen LogP contribution in [0.3, 0.4) is 0 Å². The Labute approximate surface area is 111 Å². The second kappa shape index (κ2) is 5.14. The fourth-order valence-electron chi connectivity index (χ4n) is 0.516. The van der Waals surface area contributed by atoms with E-state index in [0.29, 0.717) is 5.02 Å². The van der Waals surface area contributed by atoms with E-state index < -0.39 is 0 Å². The van der Waals surface area contributed by atoms with Crippen LogP contribution in [-0.2, 0) is 0 Å². The van der Waals surface area contributed by atoms with Gasteiger partial charge in [0, 0.05) is 3.57 Å². The number of phenolic OH excluding ortho intramolecular Hbond substituents is 1. The van der Waals surface area contributed by atoms with Gasteiger partial charge in [0.1, 0.15) is 0 Å². The molecule has 0 aliphatic heterocycles. The van der Waals surface area contributed by atoms with Crippen molar-refractivity contribution in [3.63, 3.8) is 0 Å². The Balaban J connectivity index is 0.000001000. The van der Waals surface area contributed by atoms with Crippen molar-refractivity contribution in [2.45, 2.75) is 0 Å². The quantitative estimate of drug-likeness (QED) is 0.444. The van der Waals surface area contributed by atoms with E-state index in [1.807, 2.05) is 22.6 Å². The zero-order valence-electron chi connectivity index (χ0n) is 4.74. The maximum atomic E-state index is 9.12. The molecule has 0 spiro atoms. The Morgan fingerprint density at radius 1 is 1.27 bits per heavy atom. The van der Waals surface area contributed by atoms with Gasteiger partial charge in [-0.3, -0.25) is 0 Å². The van der Waals surface area contributed by atoms with E-state index in [4.69, 9.17) is 28.3 Å². The molecule has 0 fully saturated rings. The van der Waals surface area contributed by atoms with Crippen molar-refractivity contribution in [1.29, 1.82) is 0 Å². The monoisotopic (exact) mass is 312 g/mol. The second-order valence-corrected chi connectivity index (χ2v) is 3.64. The molecule has 0 bridgehead atoms. The third-order valence-corrected chi connectivity index (χ3v) is 2.93. The van der Waals surface area contributed by atoms with Crippen LogP contribution in [0.4, 0.5) is 0 Å². The van der Waals surface area contributed by atoms with E-state index in [1.54, 1.807) is 12.1 Å². The molecule has 0 heterocycles. The standard InChI is InChI=1S/C6H3Cl2IO.Na.H/c7-3-1-2-4(9)5(8)6(3)10;;/h1-2,10H;;. The van der Waals surface area contributed by atoms with Gasteiger partial charge < -0.3 is 5.11 Å². The Hall–Kier alpha value is 1.33. The van der Waals surface area contributed by atoms with Crippen LogP contribution < -0.4 is 0 Å². The molecule has 56 valence electrons. The van der Waals surface area contributed by atoms with Gasteiger partial charge in [0.2, 0.25) is 0 Å². The van der Waals surface area contributed by atoms with Gasteiger partial charge in [0.05, 0.1) is 10.0 Å². The van der Waals surface area contributed by atoms with Crippen molar-refractivity contribution >= 4 is 75.4 Å². The summed E-state index contributed by atoms with van der Waals surface area (Å²) in [6, 6.07) is 3.34. The Kier molecular flexibility index (Phi) is 5.77. The third kappa shape index (κ3) is 2.94. The number of benzene rings is 1. The Bertz CT molecular complexity index is 240. The van der Waals surface area contributed by atoms with Crippen LogP contribution >= 0.6 is 45.8 Å². The van der Waals surface area contributed by atoms with Crippen LogP contribution in [0.1, 0.15) is 0 Å². The minimum atomic E-state index is -0.0461. The summed E-state index contributed by atoms with van der Waals surface area (Å²) in [7, 11) is 0. The summed E-state index contributed by atoms with van der Waals surface area (Å²) < 4.78 is 0.793. The zero-order valence-corrected chi connectivity index (χ0v) is 8.41. The molecule has 1 aromatic carbocycles. The molecule has 0 unspecified atom stereocenters. The normalized spacial score (nSPS) is 9.00. The molecule has 0 aromatic heterocycles. The van der Waals surface area contributed by atoms with Gasteiger partial charge in [0.25, 0.3) is 0 Å². The summed E-state index contributed by atoms with van der Waals surface area (Å²) in [5, 5.41) is 9.71. The number of aromatic hydroxyl groups is 1. The Morgan fingerprint density at radius 2 is 1.82 bits per heavy atom. The van der Waals surface area contributed by atoms with E-state index in [2.05, 4.69) is 0 Å². The minimum absolute atomic E-state index is 0. The van der Waals surface area contributed by atoms with E-state index in [1.165, 1.54) is 0 Å². The van der Waals surface area contributed by atoms with Crippen LogP contribution in [0.2, 0.25) is 10.0 Å². The van der Waals surface area contributed by atoms with Gasteiger partial charge >= 0.3 is 29.6 Å².